The van der Waals surface area contributed by atoms with E-state index in [9.17, 15) is 10.1 Å². The van der Waals surface area contributed by atoms with Crippen LogP contribution in [-0.2, 0) is 0 Å². The van der Waals surface area contributed by atoms with Crippen molar-refractivity contribution in [2.75, 3.05) is 13.1 Å². The maximum absolute atomic E-state index is 10.9. The zero-order valence-corrected chi connectivity index (χ0v) is 10.6. The van der Waals surface area contributed by atoms with Crippen LogP contribution in [0.2, 0.25) is 0 Å². The zero-order valence-electron chi connectivity index (χ0n) is 9.06. The van der Waals surface area contributed by atoms with E-state index in [1.54, 1.807) is 0 Å². The number of piperidine rings is 1. The summed E-state index contributed by atoms with van der Waals surface area (Å²) in [6, 6.07) is 1.41. The molecule has 2 rings (SSSR count). The standard InChI is InChI=1S/C10H12BrN3O3/c11-7-5-9(14(15)16)10(13-6-7)17-8-1-3-12-4-2-8/h5-6,8,12H,1-4H2. The second-order valence-electron chi connectivity index (χ2n) is 3.80. The van der Waals surface area contributed by atoms with Crippen molar-refractivity contribution in [3.63, 3.8) is 0 Å². The molecule has 92 valence electrons. The summed E-state index contributed by atoms with van der Waals surface area (Å²) in [5.41, 5.74) is -0.0992. The van der Waals surface area contributed by atoms with Gasteiger partial charge in [0.05, 0.1) is 4.92 Å². The van der Waals surface area contributed by atoms with Gasteiger partial charge >= 0.3 is 5.69 Å². The first-order valence-corrected chi connectivity index (χ1v) is 6.13. The highest BCUT2D eigenvalue weighted by molar-refractivity contribution is 9.10. The van der Waals surface area contributed by atoms with E-state index >= 15 is 0 Å². The van der Waals surface area contributed by atoms with E-state index in [0.717, 1.165) is 25.9 Å². The average molecular weight is 302 g/mol. The lowest BCUT2D eigenvalue weighted by atomic mass is 10.1. The van der Waals surface area contributed by atoms with E-state index in [4.69, 9.17) is 4.74 Å². The van der Waals surface area contributed by atoms with Gasteiger partial charge in [0.1, 0.15) is 6.10 Å². The van der Waals surface area contributed by atoms with Gasteiger partial charge in [-0.1, -0.05) is 0 Å². The number of pyridine rings is 1. The second-order valence-corrected chi connectivity index (χ2v) is 4.72. The molecule has 0 atom stereocenters. The fourth-order valence-electron chi connectivity index (χ4n) is 1.71. The van der Waals surface area contributed by atoms with Crippen molar-refractivity contribution in [1.29, 1.82) is 0 Å². The topological polar surface area (TPSA) is 77.3 Å². The Hall–Kier alpha value is -1.21. The van der Waals surface area contributed by atoms with Gasteiger partial charge < -0.3 is 10.1 Å². The summed E-state index contributed by atoms with van der Waals surface area (Å²) in [6.07, 6.45) is 3.19. The summed E-state index contributed by atoms with van der Waals surface area (Å²) in [4.78, 5) is 14.4. The van der Waals surface area contributed by atoms with E-state index in [0.29, 0.717) is 4.47 Å². The highest BCUT2D eigenvalue weighted by atomic mass is 79.9. The molecule has 0 spiro atoms. The van der Waals surface area contributed by atoms with Crippen molar-refractivity contribution < 1.29 is 9.66 Å². The summed E-state index contributed by atoms with van der Waals surface area (Å²) in [6.45, 7) is 1.74. The molecule has 1 N–H and O–H groups in total. The highest BCUT2D eigenvalue weighted by Crippen LogP contribution is 2.29. The van der Waals surface area contributed by atoms with Gasteiger partial charge in [0.25, 0.3) is 5.88 Å². The quantitative estimate of drug-likeness (QED) is 0.681. The molecule has 0 aromatic carbocycles. The molecule has 6 nitrogen and oxygen atoms in total. The molecular weight excluding hydrogens is 290 g/mol. The van der Waals surface area contributed by atoms with Crippen LogP contribution in [-0.4, -0.2) is 29.1 Å². The molecule has 1 aliphatic rings. The third-order valence-electron chi connectivity index (χ3n) is 2.56. The van der Waals surface area contributed by atoms with Crippen molar-refractivity contribution in [3.05, 3.63) is 26.9 Å². The van der Waals surface area contributed by atoms with E-state index in [-0.39, 0.29) is 17.7 Å². The third-order valence-corrected chi connectivity index (χ3v) is 2.99. The number of aromatic nitrogens is 1. The molecule has 17 heavy (non-hydrogen) atoms. The fraction of sp³-hybridized carbons (Fsp3) is 0.500. The van der Waals surface area contributed by atoms with Crippen molar-refractivity contribution in [1.82, 2.24) is 10.3 Å². The van der Waals surface area contributed by atoms with Gasteiger partial charge in [0.2, 0.25) is 0 Å². The summed E-state index contributed by atoms with van der Waals surface area (Å²) in [7, 11) is 0. The largest absolute Gasteiger partial charge is 0.469 e. The lowest BCUT2D eigenvalue weighted by Crippen LogP contribution is -2.34. The van der Waals surface area contributed by atoms with Crippen molar-refractivity contribution in [3.8, 4) is 5.88 Å². The van der Waals surface area contributed by atoms with E-state index in [2.05, 4.69) is 26.2 Å². The molecule has 1 aromatic rings. The molecule has 0 radical (unpaired) electrons. The first kappa shape index (κ1) is 12.3. The van der Waals surface area contributed by atoms with E-state index in [1.807, 2.05) is 0 Å². The number of ether oxygens (including phenoxy) is 1. The minimum Gasteiger partial charge on any atom is -0.469 e. The lowest BCUT2D eigenvalue weighted by molar-refractivity contribution is -0.386. The Kier molecular flexibility index (Phi) is 3.90. The third kappa shape index (κ3) is 3.13. The van der Waals surface area contributed by atoms with E-state index < -0.39 is 4.92 Å². The number of nitrogens with one attached hydrogen (secondary N) is 1. The molecule has 1 saturated heterocycles. The van der Waals surface area contributed by atoms with Crippen LogP contribution in [0.1, 0.15) is 12.8 Å². The maximum atomic E-state index is 10.9. The number of halogens is 1. The van der Waals surface area contributed by atoms with Crippen molar-refractivity contribution in [2.24, 2.45) is 0 Å². The Bertz CT molecular complexity index is 421. The number of hydrogen-bond acceptors (Lipinski definition) is 5. The van der Waals surface area contributed by atoms with Crippen LogP contribution in [0.25, 0.3) is 0 Å². The van der Waals surface area contributed by atoms with Gasteiger partial charge in [-0.3, -0.25) is 10.1 Å². The second kappa shape index (κ2) is 5.42. The molecule has 1 aromatic heterocycles. The minimum atomic E-state index is -0.478. The van der Waals surface area contributed by atoms with Gasteiger partial charge in [-0.15, -0.1) is 0 Å². The molecule has 2 heterocycles. The van der Waals surface area contributed by atoms with Crippen LogP contribution in [0.5, 0.6) is 5.88 Å². The Balaban J connectivity index is 2.16. The molecule has 1 fully saturated rings. The van der Waals surface area contributed by atoms with Gasteiger partial charge in [-0.05, 0) is 41.9 Å². The van der Waals surface area contributed by atoms with Crippen molar-refractivity contribution >= 4 is 21.6 Å². The molecule has 1 aliphatic heterocycles. The predicted molar refractivity (Wildman–Crippen MR) is 65.1 cm³/mol. The number of nitrogens with zero attached hydrogens (tertiary/aromatic N) is 2. The predicted octanol–water partition coefficient (Wildman–Crippen LogP) is 1.88. The van der Waals surface area contributed by atoms with Crippen LogP contribution in [0.4, 0.5) is 5.69 Å². The first-order valence-electron chi connectivity index (χ1n) is 5.34. The molecule has 0 saturated carbocycles. The highest BCUT2D eigenvalue weighted by Gasteiger charge is 2.22. The zero-order chi connectivity index (χ0) is 12.3. The van der Waals surface area contributed by atoms with Gasteiger partial charge in [0.15, 0.2) is 0 Å². The Morgan fingerprint density at radius 2 is 2.24 bits per heavy atom. The normalized spacial score (nSPS) is 16.8. The summed E-state index contributed by atoms with van der Waals surface area (Å²) in [5, 5.41) is 14.1. The Morgan fingerprint density at radius 1 is 1.53 bits per heavy atom. The van der Waals surface area contributed by atoms with Crippen molar-refractivity contribution in [2.45, 2.75) is 18.9 Å². The van der Waals surface area contributed by atoms with Crippen LogP contribution >= 0.6 is 15.9 Å². The average Bonchev–Trinajstić information content (AvgIpc) is 2.32. The number of nitro groups is 1. The van der Waals surface area contributed by atoms with Crippen LogP contribution in [0.15, 0.2) is 16.7 Å². The van der Waals surface area contributed by atoms with Gasteiger partial charge in [0, 0.05) is 16.7 Å². The molecular formula is C10H12BrN3O3. The molecule has 0 unspecified atom stereocenters. The first-order chi connectivity index (χ1) is 8.16. The SMILES string of the molecule is O=[N+]([O-])c1cc(Br)cnc1OC1CCNCC1. The smallest absolute Gasteiger partial charge is 0.332 e. The molecule has 7 heteroatoms. The van der Waals surface area contributed by atoms with Gasteiger partial charge in [-0.2, -0.15) is 0 Å². The monoisotopic (exact) mass is 301 g/mol. The maximum Gasteiger partial charge on any atom is 0.332 e. The van der Waals surface area contributed by atoms with Crippen LogP contribution in [0, 0.1) is 10.1 Å². The number of hydrogen-bond donors (Lipinski definition) is 1. The number of rotatable bonds is 3. The van der Waals surface area contributed by atoms with Crippen LogP contribution < -0.4 is 10.1 Å². The lowest BCUT2D eigenvalue weighted by Gasteiger charge is -2.22. The van der Waals surface area contributed by atoms with Gasteiger partial charge in [-0.25, -0.2) is 4.98 Å². The molecule has 0 amide bonds. The summed E-state index contributed by atoms with van der Waals surface area (Å²) in [5.74, 6) is 0.102. The Morgan fingerprint density at radius 3 is 2.88 bits per heavy atom. The minimum absolute atomic E-state index is 0.00336. The molecule has 0 bridgehead atoms. The summed E-state index contributed by atoms with van der Waals surface area (Å²) < 4.78 is 6.16. The fourth-order valence-corrected chi connectivity index (χ4v) is 2.03. The summed E-state index contributed by atoms with van der Waals surface area (Å²) >= 11 is 3.16. The van der Waals surface area contributed by atoms with E-state index in [1.165, 1.54) is 12.3 Å². The molecule has 0 aliphatic carbocycles. The Labute approximate surface area is 107 Å². The van der Waals surface area contributed by atoms with Crippen LogP contribution in [0.3, 0.4) is 0 Å².